The van der Waals surface area contributed by atoms with Crippen molar-refractivity contribution < 1.29 is 4.79 Å². The molecule has 6 N–H and O–H groups in total. The predicted molar refractivity (Wildman–Crippen MR) is 54.2 cm³/mol. The van der Waals surface area contributed by atoms with Gasteiger partial charge >= 0.3 is 0 Å². The summed E-state index contributed by atoms with van der Waals surface area (Å²) in [6, 6.07) is 6.90. The summed E-state index contributed by atoms with van der Waals surface area (Å²) in [5, 5.41) is 5.95. The highest BCUT2D eigenvalue weighted by atomic mass is 16.1. The van der Waals surface area contributed by atoms with Crippen LogP contribution in [0.2, 0.25) is 0 Å². The van der Waals surface area contributed by atoms with Crippen LogP contribution in [0, 0.1) is 0 Å². The van der Waals surface area contributed by atoms with Gasteiger partial charge in [0.1, 0.15) is 0 Å². The molecule has 0 atom stereocenters. The number of nitrogens with two attached hydrogens (primary N) is 2. The third-order valence-corrected chi connectivity index (χ3v) is 1.65. The Morgan fingerprint density at radius 2 is 2.00 bits per heavy atom. The first-order valence-electron chi connectivity index (χ1n) is 3.87. The van der Waals surface area contributed by atoms with E-state index < -0.39 is 0 Å². The minimum atomic E-state index is 0.377. The lowest BCUT2D eigenvalue weighted by Crippen LogP contribution is -2.31. The Kier molecular flexibility index (Phi) is 3.45. The van der Waals surface area contributed by atoms with Crippen molar-refractivity contribution in [2.75, 3.05) is 5.32 Å². The molecule has 0 heterocycles. The molecule has 0 fully saturated rings. The Labute approximate surface area is 80.9 Å². The summed E-state index contributed by atoms with van der Waals surface area (Å²) in [4.78, 5) is 10.1. The van der Waals surface area contributed by atoms with E-state index in [0.717, 1.165) is 5.56 Å². The molecule has 0 bridgehead atoms. The zero-order chi connectivity index (χ0) is 10.4. The van der Waals surface area contributed by atoms with Gasteiger partial charge in [-0.15, -0.1) is 0 Å². The maximum atomic E-state index is 10.1. The minimum absolute atomic E-state index is 0.377. The molecule has 14 heavy (non-hydrogen) atoms. The molecule has 0 aliphatic carbocycles. The zero-order valence-corrected chi connectivity index (χ0v) is 7.40. The largest absolute Gasteiger partial charge is 0.329 e. The molecule has 0 spiro atoms. The molecule has 0 aromatic heterocycles. The third kappa shape index (κ3) is 2.20. The SMILES string of the molecule is N/N=C(\NN)c1ccc(NC=O)cc1. The standard InChI is InChI=1S/C8H11N5O/c9-12-8(13-10)6-1-3-7(4-2-6)11-5-14/h1-5H,9-10H2,(H,11,14)(H,12,13). The fourth-order valence-corrected chi connectivity index (χ4v) is 0.987. The number of nitrogens with zero attached hydrogens (tertiary/aromatic N) is 1. The van der Waals surface area contributed by atoms with Crippen LogP contribution < -0.4 is 22.4 Å². The van der Waals surface area contributed by atoms with Crippen molar-refractivity contribution >= 4 is 17.9 Å². The Balaban J connectivity index is 2.87. The van der Waals surface area contributed by atoms with Gasteiger partial charge in [-0.3, -0.25) is 4.79 Å². The van der Waals surface area contributed by atoms with Gasteiger partial charge in [0.2, 0.25) is 6.41 Å². The zero-order valence-electron chi connectivity index (χ0n) is 7.40. The highest BCUT2D eigenvalue weighted by molar-refractivity contribution is 5.98. The second-order valence-corrected chi connectivity index (χ2v) is 2.46. The lowest BCUT2D eigenvalue weighted by Gasteiger charge is -2.04. The Bertz CT molecular complexity index is 332. The molecular weight excluding hydrogens is 182 g/mol. The van der Waals surface area contributed by atoms with Crippen molar-refractivity contribution in [3.63, 3.8) is 0 Å². The summed E-state index contributed by atoms with van der Waals surface area (Å²) in [6.07, 6.45) is 0.605. The van der Waals surface area contributed by atoms with E-state index in [4.69, 9.17) is 11.7 Å². The molecule has 0 aliphatic rings. The fourth-order valence-electron chi connectivity index (χ4n) is 0.987. The highest BCUT2D eigenvalue weighted by Gasteiger charge is 2.00. The molecule has 0 saturated heterocycles. The van der Waals surface area contributed by atoms with Crippen LogP contribution in [-0.2, 0) is 4.79 Å². The molecule has 0 radical (unpaired) electrons. The number of rotatable bonds is 3. The molecule has 6 heteroatoms. The molecule has 1 rings (SSSR count). The average molecular weight is 193 g/mol. The van der Waals surface area contributed by atoms with Crippen molar-refractivity contribution in [1.29, 1.82) is 0 Å². The fraction of sp³-hybridized carbons (Fsp3) is 0. The smallest absolute Gasteiger partial charge is 0.211 e. The summed E-state index contributed by atoms with van der Waals surface area (Å²) < 4.78 is 0. The van der Waals surface area contributed by atoms with Crippen molar-refractivity contribution in [2.45, 2.75) is 0 Å². The minimum Gasteiger partial charge on any atom is -0.329 e. The van der Waals surface area contributed by atoms with Crippen molar-refractivity contribution in [3.8, 4) is 0 Å². The predicted octanol–water partition coefficient (Wildman–Crippen LogP) is -0.661. The number of hydrogen-bond acceptors (Lipinski definition) is 4. The molecular formula is C8H11N5O. The molecule has 0 saturated carbocycles. The van der Waals surface area contributed by atoms with Crippen LogP contribution in [0.3, 0.4) is 0 Å². The Morgan fingerprint density at radius 3 is 2.43 bits per heavy atom. The summed E-state index contributed by atoms with van der Waals surface area (Å²) >= 11 is 0. The normalized spacial score (nSPS) is 10.8. The topological polar surface area (TPSA) is 106 Å². The van der Waals surface area contributed by atoms with E-state index in [9.17, 15) is 4.79 Å². The first kappa shape index (κ1) is 10.0. The highest BCUT2D eigenvalue weighted by Crippen LogP contribution is 2.08. The van der Waals surface area contributed by atoms with Crippen LogP contribution in [0.5, 0.6) is 0 Å². The number of benzene rings is 1. The molecule has 74 valence electrons. The lowest BCUT2D eigenvalue weighted by atomic mass is 10.2. The molecule has 1 aromatic carbocycles. The number of hydrazone groups is 1. The van der Waals surface area contributed by atoms with Crippen LogP contribution in [0.15, 0.2) is 29.4 Å². The van der Waals surface area contributed by atoms with Crippen LogP contribution in [0.25, 0.3) is 0 Å². The van der Waals surface area contributed by atoms with Crippen molar-refractivity contribution in [3.05, 3.63) is 29.8 Å². The number of nitrogens with one attached hydrogen (secondary N) is 2. The molecule has 1 amide bonds. The van der Waals surface area contributed by atoms with Crippen LogP contribution in [-0.4, -0.2) is 12.2 Å². The van der Waals surface area contributed by atoms with Crippen molar-refractivity contribution in [2.24, 2.45) is 16.8 Å². The number of amides is 1. The second-order valence-electron chi connectivity index (χ2n) is 2.46. The first-order chi connectivity index (χ1) is 6.81. The number of carbonyl (C=O) groups is 1. The molecule has 0 unspecified atom stereocenters. The van der Waals surface area contributed by atoms with Crippen LogP contribution in [0.4, 0.5) is 5.69 Å². The summed E-state index contributed by atoms with van der Waals surface area (Å²) in [7, 11) is 0. The quantitative estimate of drug-likeness (QED) is 0.168. The molecule has 1 aromatic rings. The number of hydrogen-bond donors (Lipinski definition) is 4. The molecule has 6 nitrogen and oxygen atoms in total. The second kappa shape index (κ2) is 4.83. The van der Waals surface area contributed by atoms with E-state index in [1.165, 1.54) is 0 Å². The van der Waals surface area contributed by atoms with Gasteiger partial charge in [-0.1, -0.05) is 0 Å². The lowest BCUT2D eigenvalue weighted by molar-refractivity contribution is -0.105. The third-order valence-electron chi connectivity index (χ3n) is 1.65. The monoisotopic (exact) mass is 193 g/mol. The number of anilines is 1. The van der Waals surface area contributed by atoms with Gasteiger partial charge in [-0.25, -0.2) is 5.84 Å². The van der Waals surface area contributed by atoms with Gasteiger partial charge in [0.25, 0.3) is 0 Å². The number of amidine groups is 1. The van der Waals surface area contributed by atoms with E-state index in [1.807, 2.05) is 0 Å². The van der Waals surface area contributed by atoms with Gasteiger partial charge in [-0.05, 0) is 24.3 Å². The first-order valence-corrected chi connectivity index (χ1v) is 3.87. The summed E-state index contributed by atoms with van der Waals surface area (Å²) in [5.41, 5.74) is 3.79. The van der Waals surface area contributed by atoms with Gasteiger partial charge < -0.3 is 16.6 Å². The Hall–Kier alpha value is -2.08. The van der Waals surface area contributed by atoms with Gasteiger partial charge in [-0.2, -0.15) is 5.10 Å². The summed E-state index contributed by atoms with van der Waals surface area (Å²) in [6.45, 7) is 0. The van der Waals surface area contributed by atoms with E-state index in [1.54, 1.807) is 24.3 Å². The number of carbonyl (C=O) groups excluding carboxylic acids is 1. The van der Waals surface area contributed by atoms with Gasteiger partial charge in [0.15, 0.2) is 5.84 Å². The van der Waals surface area contributed by atoms with E-state index in [-0.39, 0.29) is 0 Å². The maximum absolute atomic E-state index is 10.1. The van der Waals surface area contributed by atoms with E-state index >= 15 is 0 Å². The Morgan fingerprint density at radius 1 is 1.36 bits per heavy atom. The van der Waals surface area contributed by atoms with E-state index in [0.29, 0.717) is 17.9 Å². The molecule has 0 aliphatic heterocycles. The van der Waals surface area contributed by atoms with Gasteiger partial charge in [0.05, 0.1) is 0 Å². The number of hydrazine groups is 1. The van der Waals surface area contributed by atoms with Crippen LogP contribution >= 0.6 is 0 Å². The van der Waals surface area contributed by atoms with E-state index in [2.05, 4.69) is 15.8 Å². The summed E-state index contributed by atoms with van der Waals surface area (Å²) in [5.74, 6) is 10.6. The van der Waals surface area contributed by atoms with Crippen LogP contribution in [0.1, 0.15) is 5.56 Å². The maximum Gasteiger partial charge on any atom is 0.211 e. The van der Waals surface area contributed by atoms with Crippen molar-refractivity contribution in [1.82, 2.24) is 5.43 Å². The van der Waals surface area contributed by atoms with Gasteiger partial charge in [0, 0.05) is 11.3 Å². The average Bonchev–Trinajstić information content (AvgIpc) is 2.23.